The van der Waals surface area contributed by atoms with Crippen molar-refractivity contribution in [3.05, 3.63) is 32.5 Å². The lowest BCUT2D eigenvalue weighted by molar-refractivity contribution is -0.119. The highest BCUT2D eigenvalue weighted by molar-refractivity contribution is 7.91. The number of nitrogens with zero attached hydrogens (tertiary/aromatic N) is 1. The van der Waals surface area contributed by atoms with Crippen molar-refractivity contribution in [3.63, 3.8) is 0 Å². The van der Waals surface area contributed by atoms with Gasteiger partial charge in [0.1, 0.15) is 15.3 Å². The molecule has 2 aromatic rings. The molecule has 1 unspecified atom stereocenters. The Morgan fingerprint density at radius 3 is 2.56 bits per heavy atom. The number of rotatable bonds is 5. The van der Waals surface area contributed by atoms with E-state index in [9.17, 15) is 18.0 Å². The summed E-state index contributed by atoms with van der Waals surface area (Å²) in [4.78, 5) is 27.1. The highest BCUT2D eigenvalue weighted by Crippen LogP contribution is 2.45. The summed E-state index contributed by atoms with van der Waals surface area (Å²) in [6.45, 7) is 8.44. The highest BCUT2D eigenvalue weighted by Gasteiger charge is 2.44. The molecule has 2 N–H and O–H groups in total. The molecule has 34 heavy (non-hydrogen) atoms. The van der Waals surface area contributed by atoms with Gasteiger partial charge in [0.05, 0.1) is 17.0 Å². The molecular weight excluding hydrogens is 518 g/mol. The van der Waals surface area contributed by atoms with Gasteiger partial charge in [-0.1, -0.05) is 11.6 Å². The smallest absolute Gasteiger partial charge is 0.341 e. The van der Waals surface area contributed by atoms with Crippen molar-refractivity contribution in [3.8, 4) is 0 Å². The first-order valence-corrected chi connectivity index (χ1v) is 14.3. The Balaban J connectivity index is 1.68. The zero-order valence-corrected chi connectivity index (χ0v) is 22.9. The SMILES string of the molecule is COC(=O)c1c(NC(=O)C2CCCN2S(=O)(=O)c2ccc(Cl)s2)sc2c1CC(C)(C)NC2(C)C. The van der Waals surface area contributed by atoms with Crippen LogP contribution in [0.1, 0.15) is 61.3 Å². The number of halogens is 1. The number of fused-ring (bicyclic) bond motifs is 1. The van der Waals surface area contributed by atoms with Crippen molar-refractivity contribution < 1.29 is 22.7 Å². The van der Waals surface area contributed by atoms with Crippen LogP contribution in [0.2, 0.25) is 4.34 Å². The first kappa shape index (κ1) is 25.6. The number of amides is 1. The summed E-state index contributed by atoms with van der Waals surface area (Å²) in [6.07, 6.45) is 1.54. The van der Waals surface area contributed by atoms with E-state index < -0.39 is 33.5 Å². The van der Waals surface area contributed by atoms with Crippen molar-refractivity contribution in [2.75, 3.05) is 19.0 Å². The van der Waals surface area contributed by atoms with E-state index >= 15 is 0 Å². The molecular formula is C22H28ClN3O5S3. The number of anilines is 1. The maximum absolute atomic E-state index is 13.4. The van der Waals surface area contributed by atoms with Gasteiger partial charge >= 0.3 is 5.97 Å². The largest absolute Gasteiger partial charge is 0.465 e. The van der Waals surface area contributed by atoms with E-state index in [-0.39, 0.29) is 16.3 Å². The van der Waals surface area contributed by atoms with E-state index in [0.717, 1.165) is 21.8 Å². The molecule has 2 aliphatic rings. The third-order valence-electron chi connectivity index (χ3n) is 6.09. The first-order valence-electron chi connectivity index (χ1n) is 10.9. The number of esters is 1. The van der Waals surface area contributed by atoms with Crippen LogP contribution in [0.3, 0.4) is 0 Å². The van der Waals surface area contributed by atoms with Gasteiger partial charge in [-0.15, -0.1) is 22.7 Å². The molecule has 1 atom stereocenters. The summed E-state index contributed by atoms with van der Waals surface area (Å²) < 4.78 is 33.1. The number of carbonyl (C=O) groups excluding carboxylic acids is 2. The van der Waals surface area contributed by atoms with Crippen molar-refractivity contribution in [1.82, 2.24) is 9.62 Å². The Morgan fingerprint density at radius 1 is 1.24 bits per heavy atom. The van der Waals surface area contributed by atoms with Gasteiger partial charge in [0.25, 0.3) is 10.0 Å². The van der Waals surface area contributed by atoms with E-state index in [2.05, 4.69) is 24.5 Å². The van der Waals surface area contributed by atoms with E-state index in [1.54, 1.807) is 0 Å². The topological polar surface area (TPSA) is 105 Å². The Labute approximate surface area is 212 Å². The third-order valence-corrected chi connectivity index (χ3v) is 11.2. The van der Waals surface area contributed by atoms with Crippen LogP contribution < -0.4 is 10.6 Å². The van der Waals surface area contributed by atoms with Gasteiger partial charge in [-0.25, -0.2) is 13.2 Å². The van der Waals surface area contributed by atoms with E-state index in [4.69, 9.17) is 16.3 Å². The average molecular weight is 546 g/mol. The summed E-state index contributed by atoms with van der Waals surface area (Å²) >= 11 is 8.24. The third kappa shape index (κ3) is 4.54. The zero-order chi connectivity index (χ0) is 25.1. The molecule has 1 amide bonds. The van der Waals surface area contributed by atoms with Crippen LogP contribution in [0.15, 0.2) is 16.3 Å². The van der Waals surface area contributed by atoms with E-state index in [0.29, 0.717) is 34.2 Å². The second-order valence-corrected chi connectivity index (χ2v) is 14.6. The van der Waals surface area contributed by atoms with Gasteiger partial charge in [-0.3, -0.25) is 4.79 Å². The lowest BCUT2D eigenvalue weighted by Gasteiger charge is -2.42. The highest BCUT2D eigenvalue weighted by atomic mass is 35.5. The van der Waals surface area contributed by atoms with Gasteiger partial charge in [0, 0.05) is 22.5 Å². The monoisotopic (exact) mass is 545 g/mol. The molecule has 2 aliphatic heterocycles. The Hall–Kier alpha value is -1.50. The first-order chi connectivity index (χ1) is 15.8. The number of thiophene rings is 2. The normalized spacial score (nSPS) is 21.8. The standard InChI is InChI=1S/C22H28ClN3O5S3/c1-21(2)11-12-16(20(28)31-5)19(33-17(12)22(3,4)25-21)24-18(27)13-7-6-10-26(13)34(29,30)15-9-8-14(23)32-15/h8-9,13,25H,6-7,10-11H2,1-5H3,(H,24,27). The molecule has 12 heteroatoms. The number of ether oxygens (including phenoxy) is 1. The number of hydrogen-bond donors (Lipinski definition) is 2. The van der Waals surface area contributed by atoms with Crippen LogP contribution in [0.4, 0.5) is 5.00 Å². The van der Waals surface area contributed by atoms with Crippen LogP contribution in [-0.2, 0) is 31.5 Å². The van der Waals surface area contributed by atoms with Crippen molar-refractivity contribution in [1.29, 1.82) is 0 Å². The van der Waals surface area contributed by atoms with Gasteiger partial charge in [0.2, 0.25) is 5.91 Å². The van der Waals surface area contributed by atoms with E-state index in [1.807, 2.05) is 13.8 Å². The van der Waals surface area contributed by atoms with Crippen molar-refractivity contribution in [2.24, 2.45) is 0 Å². The molecule has 1 fully saturated rings. The number of methoxy groups -OCH3 is 1. The Bertz CT molecular complexity index is 1250. The average Bonchev–Trinajstić information content (AvgIpc) is 3.45. The molecule has 0 aromatic carbocycles. The predicted octanol–water partition coefficient (Wildman–Crippen LogP) is 4.20. The second kappa shape index (κ2) is 8.86. The van der Waals surface area contributed by atoms with Crippen LogP contribution in [-0.4, -0.2) is 49.8 Å². The van der Waals surface area contributed by atoms with Crippen LogP contribution >= 0.6 is 34.3 Å². The number of carbonyl (C=O) groups is 2. The quantitative estimate of drug-likeness (QED) is 0.546. The lowest BCUT2D eigenvalue weighted by atomic mass is 9.81. The molecule has 1 saturated heterocycles. The molecule has 0 radical (unpaired) electrons. The Morgan fingerprint density at radius 2 is 1.94 bits per heavy atom. The molecule has 4 rings (SSSR count). The molecule has 0 bridgehead atoms. The number of hydrogen-bond acceptors (Lipinski definition) is 8. The number of nitrogens with one attached hydrogen (secondary N) is 2. The fourth-order valence-electron chi connectivity index (χ4n) is 4.97. The van der Waals surface area contributed by atoms with Gasteiger partial charge in [0.15, 0.2) is 0 Å². The minimum absolute atomic E-state index is 0.106. The molecule has 4 heterocycles. The van der Waals surface area contributed by atoms with Crippen LogP contribution in [0.25, 0.3) is 0 Å². The molecule has 0 saturated carbocycles. The van der Waals surface area contributed by atoms with Crippen molar-refractivity contribution in [2.45, 2.75) is 68.3 Å². The molecule has 8 nitrogen and oxygen atoms in total. The molecule has 0 spiro atoms. The van der Waals surface area contributed by atoms with Crippen LogP contribution in [0.5, 0.6) is 0 Å². The zero-order valence-electron chi connectivity index (χ0n) is 19.7. The summed E-state index contributed by atoms with van der Waals surface area (Å²) in [7, 11) is -2.55. The molecule has 2 aromatic heterocycles. The maximum Gasteiger partial charge on any atom is 0.341 e. The number of sulfonamides is 1. The summed E-state index contributed by atoms with van der Waals surface area (Å²) in [5.74, 6) is -0.983. The maximum atomic E-state index is 13.4. The van der Waals surface area contributed by atoms with Crippen LogP contribution in [0, 0.1) is 0 Å². The minimum atomic E-state index is -3.86. The van der Waals surface area contributed by atoms with Gasteiger partial charge in [-0.05, 0) is 64.7 Å². The molecule has 186 valence electrons. The van der Waals surface area contributed by atoms with Gasteiger partial charge < -0.3 is 15.4 Å². The summed E-state index contributed by atoms with van der Waals surface area (Å²) in [6, 6.07) is 2.10. The summed E-state index contributed by atoms with van der Waals surface area (Å²) in [5.41, 5.74) is 0.509. The fraction of sp³-hybridized carbons (Fsp3) is 0.545. The molecule has 0 aliphatic carbocycles. The second-order valence-electron chi connectivity index (χ2n) is 9.74. The van der Waals surface area contributed by atoms with Gasteiger partial charge in [-0.2, -0.15) is 4.31 Å². The Kier molecular flexibility index (Phi) is 6.67. The fourth-order valence-corrected chi connectivity index (χ4v) is 9.51. The predicted molar refractivity (Wildman–Crippen MR) is 134 cm³/mol. The lowest BCUT2D eigenvalue weighted by Crippen LogP contribution is -2.55. The van der Waals surface area contributed by atoms with E-state index in [1.165, 1.54) is 34.9 Å². The summed E-state index contributed by atoms with van der Waals surface area (Å²) in [5, 5.41) is 6.85. The van der Waals surface area contributed by atoms with Crippen molar-refractivity contribution >= 4 is 61.2 Å². The minimum Gasteiger partial charge on any atom is -0.465 e.